The lowest BCUT2D eigenvalue weighted by atomic mass is 10.1. The van der Waals surface area contributed by atoms with Crippen molar-refractivity contribution in [3.05, 3.63) is 72.1 Å². The molecule has 0 atom stereocenters. The van der Waals surface area contributed by atoms with E-state index in [0.29, 0.717) is 11.4 Å². The minimum Gasteiger partial charge on any atom is -0.507 e. The van der Waals surface area contributed by atoms with Gasteiger partial charge in [0.15, 0.2) is 5.78 Å². The standard InChI is InChI=1S/C19H17N5O3/c1-27-16-9-5-3-7-14(16)23-18(20)24-19-21-10-12(11-22-19)17(26)13-6-2-4-8-15(13)25/h2-11,25H,1H3,(H3,20,21,22,23,24). The number of carbonyl (C=O) groups excluding carboxylic acids is 1. The molecule has 27 heavy (non-hydrogen) atoms. The number of aliphatic imine (C=N–C) groups is 1. The highest BCUT2D eigenvalue weighted by Gasteiger charge is 2.14. The van der Waals surface area contributed by atoms with Gasteiger partial charge in [-0.15, -0.1) is 0 Å². The zero-order valence-electron chi connectivity index (χ0n) is 14.5. The van der Waals surface area contributed by atoms with E-state index in [2.05, 4.69) is 20.3 Å². The van der Waals surface area contributed by atoms with Crippen LogP contribution in [0.25, 0.3) is 0 Å². The summed E-state index contributed by atoms with van der Waals surface area (Å²) >= 11 is 0. The number of nitrogens with two attached hydrogens (primary N) is 1. The third-order valence-electron chi connectivity index (χ3n) is 3.64. The molecule has 8 heteroatoms. The average Bonchev–Trinajstić information content (AvgIpc) is 2.69. The highest BCUT2D eigenvalue weighted by molar-refractivity contribution is 6.10. The van der Waals surface area contributed by atoms with Gasteiger partial charge in [-0.1, -0.05) is 24.3 Å². The van der Waals surface area contributed by atoms with Crippen molar-refractivity contribution in [2.75, 3.05) is 12.4 Å². The summed E-state index contributed by atoms with van der Waals surface area (Å²) in [5.74, 6) is 0.279. The summed E-state index contributed by atoms with van der Waals surface area (Å²) in [5, 5.41) is 12.7. The predicted molar refractivity (Wildman–Crippen MR) is 101 cm³/mol. The van der Waals surface area contributed by atoms with E-state index >= 15 is 0 Å². The van der Waals surface area contributed by atoms with Crippen molar-refractivity contribution in [3.8, 4) is 11.5 Å². The molecule has 0 saturated carbocycles. The molecule has 3 rings (SSSR count). The van der Waals surface area contributed by atoms with Crippen LogP contribution >= 0.6 is 0 Å². The van der Waals surface area contributed by atoms with Gasteiger partial charge in [0.05, 0.1) is 23.9 Å². The Bertz CT molecular complexity index is 987. The fraction of sp³-hybridized carbons (Fsp3) is 0.0526. The number of carbonyl (C=O) groups is 1. The lowest BCUT2D eigenvalue weighted by Gasteiger charge is -2.09. The summed E-state index contributed by atoms with van der Waals surface area (Å²) in [6.07, 6.45) is 2.66. The average molecular weight is 363 g/mol. The Labute approximate surface area is 155 Å². The van der Waals surface area contributed by atoms with Crippen LogP contribution in [0.4, 0.5) is 11.6 Å². The van der Waals surface area contributed by atoms with Gasteiger partial charge in [-0.25, -0.2) is 9.97 Å². The van der Waals surface area contributed by atoms with E-state index in [1.54, 1.807) is 31.4 Å². The van der Waals surface area contributed by atoms with Crippen LogP contribution in [0.5, 0.6) is 11.5 Å². The number of ketones is 1. The summed E-state index contributed by atoms with van der Waals surface area (Å²) in [4.78, 5) is 24.5. The number of aromatic hydroxyl groups is 1. The number of hydrogen-bond donors (Lipinski definition) is 3. The molecular weight excluding hydrogens is 346 g/mol. The molecule has 8 nitrogen and oxygen atoms in total. The number of guanidine groups is 1. The number of nitrogens with zero attached hydrogens (tertiary/aromatic N) is 3. The zero-order valence-corrected chi connectivity index (χ0v) is 14.5. The third-order valence-corrected chi connectivity index (χ3v) is 3.64. The SMILES string of the molecule is COc1ccccc1N/C(N)=N/c1ncc(C(=O)c2ccccc2O)cn1. The monoisotopic (exact) mass is 363 g/mol. The molecule has 136 valence electrons. The zero-order chi connectivity index (χ0) is 19.2. The van der Waals surface area contributed by atoms with Crippen LogP contribution in [-0.4, -0.2) is 33.9 Å². The Morgan fingerprint density at radius 1 is 1.11 bits per heavy atom. The molecule has 0 saturated heterocycles. The molecule has 0 amide bonds. The molecule has 0 unspecified atom stereocenters. The predicted octanol–water partition coefficient (Wildman–Crippen LogP) is 2.48. The molecule has 0 radical (unpaired) electrons. The molecule has 4 N–H and O–H groups in total. The molecule has 0 aliphatic rings. The maximum absolute atomic E-state index is 12.4. The number of benzene rings is 2. The summed E-state index contributed by atoms with van der Waals surface area (Å²) in [6, 6.07) is 13.5. The van der Waals surface area contributed by atoms with Crippen LogP contribution in [-0.2, 0) is 0 Å². The second-order valence-corrected chi connectivity index (χ2v) is 5.44. The molecule has 0 aliphatic carbocycles. The number of phenols is 1. The Kier molecular flexibility index (Phi) is 5.27. The van der Waals surface area contributed by atoms with Crippen LogP contribution in [0.2, 0.25) is 0 Å². The van der Waals surface area contributed by atoms with Gasteiger partial charge < -0.3 is 20.9 Å². The lowest BCUT2D eigenvalue weighted by molar-refractivity contribution is 0.103. The minimum atomic E-state index is -0.385. The minimum absolute atomic E-state index is 0.0688. The summed E-state index contributed by atoms with van der Waals surface area (Å²) < 4.78 is 5.23. The maximum atomic E-state index is 12.4. The summed E-state index contributed by atoms with van der Waals surface area (Å²) in [5.41, 5.74) is 6.92. The number of rotatable bonds is 5. The van der Waals surface area contributed by atoms with E-state index in [-0.39, 0.29) is 34.6 Å². The van der Waals surface area contributed by atoms with Crippen LogP contribution in [0.1, 0.15) is 15.9 Å². The fourth-order valence-corrected chi connectivity index (χ4v) is 2.34. The van der Waals surface area contributed by atoms with Crippen molar-refractivity contribution >= 4 is 23.4 Å². The molecule has 0 aliphatic heterocycles. The van der Waals surface area contributed by atoms with E-state index in [0.717, 1.165) is 0 Å². The molecule has 1 heterocycles. The van der Waals surface area contributed by atoms with E-state index in [1.807, 2.05) is 12.1 Å². The molecular formula is C19H17N5O3. The van der Waals surface area contributed by atoms with E-state index < -0.39 is 0 Å². The number of aromatic nitrogens is 2. The van der Waals surface area contributed by atoms with Crippen molar-refractivity contribution in [1.82, 2.24) is 9.97 Å². The number of nitrogens with one attached hydrogen (secondary N) is 1. The Balaban J connectivity index is 1.76. The van der Waals surface area contributed by atoms with Crippen LogP contribution in [0, 0.1) is 0 Å². The van der Waals surface area contributed by atoms with E-state index in [9.17, 15) is 9.90 Å². The van der Waals surface area contributed by atoms with Gasteiger partial charge in [-0.3, -0.25) is 4.79 Å². The number of hydrogen-bond acceptors (Lipinski definition) is 6. The first-order valence-electron chi connectivity index (χ1n) is 7.97. The molecule has 1 aromatic heterocycles. The number of ether oxygens (including phenoxy) is 1. The summed E-state index contributed by atoms with van der Waals surface area (Å²) in [6.45, 7) is 0. The van der Waals surface area contributed by atoms with Gasteiger partial charge >= 0.3 is 0 Å². The van der Waals surface area contributed by atoms with E-state index in [1.165, 1.54) is 24.5 Å². The number of phenolic OH excluding ortho intramolecular Hbond substituents is 1. The van der Waals surface area contributed by atoms with Gasteiger partial charge in [-0.05, 0) is 24.3 Å². The van der Waals surface area contributed by atoms with Gasteiger partial charge in [0.2, 0.25) is 5.96 Å². The van der Waals surface area contributed by atoms with Crippen molar-refractivity contribution in [3.63, 3.8) is 0 Å². The first kappa shape index (κ1) is 17.9. The summed E-state index contributed by atoms with van der Waals surface area (Å²) in [7, 11) is 1.55. The second kappa shape index (κ2) is 7.96. The number of para-hydroxylation sites is 3. The van der Waals surface area contributed by atoms with Crippen molar-refractivity contribution in [2.45, 2.75) is 0 Å². The number of anilines is 1. The van der Waals surface area contributed by atoms with Gasteiger partial charge in [0.25, 0.3) is 5.95 Å². The molecule has 3 aromatic rings. The molecule has 0 spiro atoms. The first-order valence-corrected chi connectivity index (χ1v) is 7.97. The lowest BCUT2D eigenvalue weighted by Crippen LogP contribution is -2.22. The van der Waals surface area contributed by atoms with Crippen molar-refractivity contribution in [2.24, 2.45) is 10.7 Å². The number of methoxy groups -OCH3 is 1. The second-order valence-electron chi connectivity index (χ2n) is 5.44. The fourth-order valence-electron chi connectivity index (χ4n) is 2.34. The normalized spacial score (nSPS) is 11.1. The molecule has 0 fully saturated rings. The van der Waals surface area contributed by atoms with Gasteiger partial charge in [0, 0.05) is 12.4 Å². The van der Waals surface area contributed by atoms with Crippen molar-refractivity contribution in [1.29, 1.82) is 0 Å². The highest BCUT2D eigenvalue weighted by Crippen LogP contribution is 2.23. The quantitative estimate of drug-likeness (QED) is 0.361. The van der Waals surface area contributed by atoms with E-state index in [4.69, 9.17) is 10.5 Å². The maximum Gasteiger partial charge on any atom is 0.252 e. The van der Waals surface area contributed by atoms with Gasteiger partial charge in [-0.2, -0.15) is 4.99 Å². The topological polar surface area (TPSA) is 123 Å². The first-order chi connectivity index (χ1) is 13.1. The smallest absolute Gasteiger partial charge is 0.252 e. The molecule has 0 bridgehead atoms. The Hall–Kier alpha value is -3.94. The Morgan fingerprint density at radius 3 is 2.48 bits per heavy atom. The molecule has 2 aromatic carbocycles. The van der Waals surface area contributed by atoms with Crippen LogP contribution < -0.4 is 15.8 Å². The Morgan fingerprint density at radius 2 is 1.78 bits per heavy atom. The van der Waals surface area contributed by atoms with Crippen LogP contribution in [0.3, 0.4) is 0 Å². The van der Waals surface area contributed by atoms with Crippen LogP contribution in [0.15, 0.2) is 65.9 Å². The highest BCUT2D eigenvalue weighted by atomic mass is 16.5. The third kappa shape index (κ3) is 4.18. The largest absolute Gasteiger partial charge is 0.507 e. The van der Waals surface area contributed by atoms with Gasteiger partial charge in [0.1, 0.15) is 11.5 Å². The van der Waals surface area contributed by atoms with Crippen molar-refractivity contribution < 1.29 is 14.6 Å².